The van der Waals surface area contributed by atoms with Crippen LogP contribution in [0.15, 0.2) is 24.3 Å². The molecule has 142 valence electrons. The maximum absolute atomic E-state index is 10.7. The maximum Gasteiger partial charge on any atom is 0.126 e. The van der Waals surface area contributed by atoms with Crippen LogP contribution in [0.4, 0.5) is 0 Å². The third-order valence-corrected chi connectivity index (χ3v) is 7.17. The predicted molar refractivity (Wildman–Crippen MR) is 115 cm³/mol. The van der Waals surface area contributed by atoms with Crippen molar-refractivity contribution < 1.29 is 10.2 Å². The first-order valence-electron chi connectivity index (χ1n) is 9.77. The molecule has 0 fully saturated rings. The summed E-state index contributed by atoms with van der Waals surface area (Å²) in [6.45, 7) is 10.5. The van der Waals surface area contributed by atoms with Crippen molar-refractivity contribution >= 4 is 18.5 Å². The first-order chi connectivity index (χ1) is 12.4. The van der Waals surface area contributed by atoms with E-state index in [1.165, 1.54) is 11.1 Å². The van der Waals surface area contributed by atoms with Gasteiger partial charge in [0.05, 0.1) is 0 Å². The van der Waals surface area contributed by atoms with Crippen molar-refractivity contribution in [3.05, 3.63) is 46.5 Å². The Morgan fingerprint density at radius 2 is 1.12 bits per heavy atom. The van der Waals surface area contributed by atoms with Gasteiger partial charge >= 0.3 is 0 Å². The van der Waals surface area contributed by atoms with E-state index in [-0.39, 0.29) is 0 Å². The number of benzene rings is 2. The average Bonchev–Trinajstić information content (AvgIpc) is 2.62. The fourth-order valence-electron chi connectivity index (χ4n) is 3.36. The van der Waals surface area contributed by atoms with Gasteiger partial charge in [-0.2, -0.15) is 0 Å². The van der Waals surface area contributed by atoms with Crippen molar-refractivity contribution in [2.75, 3.05) is 6.66 Å². The van der Waals surface area contributed by atoms with E-state index in [4.69, 9.17) is 0 Å². The molecule has 0 spiro atoms. The first kappa shape index (κ1) is 20.8. The smallest absolute Gasteiger partial charge is 0.126 e. The van der Waals surface area contributed by atoms with Crippen LogP contribution in [0, 0.1) is 13.8 Å². The molecule has 2 rings (SSSR count). The number of hydrogen-bond donors (Lipinski definition) is 2. The standard InChI is InChI=1S/C23H33O2P/c1-6-8-10-18-12-16(3)22(24)20(14-18)26(5)21-15-19(11-9-7-2)13-17(4)23(21)25/h12-15,24-25H,6-11H2,1-5H3. The summed E-state index contributed by atoms with van der Waals surface area (Å²) in [4.78, 5) is 0. The second kappa shape index (κ2) is 9.42. The van der Waals surface area contributed by atoms with E-state index in [0.717, 1.165) is 60.3 Å². The minimum atomic E-state index is -0.807. The molecule has 2 aromatic carbocycles. The molecule has 0 aliphatic rings. The molecule has 0 saturated carbocycles. The largest absolute Gasteiger partial charge is 0.507 e. The summed E-state index contributed by atoms with van der Waals surface area (Å²) < 4.78 is 0. The van der Waals surface area contributed by atoms with Crippen molar-refractivity contribution in [2.45, 2.75) is 66.2 Å². The molecule has 2 N–H and O–H groups in total. The van der Waals surface area contributed by atoms with Crippen LogP contribution >= 0.6 is 7.92 Å². The third kappa shape index (κ3) is 4.80. The Balaban J connectivity index is 2.46. The fraction of sp³-hybridized carbons (Fsp3) is 0.478. The number of hydrogen-bond acceptors (Lipinski definition) is 2. The molecule has 0 atom stereocenters. The van der Waals surface area contributed by atoms with Gasteiger partial charge in [0.2, 0.25) is 0 Å². The summed E-state index contributed by atoms with van der Waals surface area (Å²) in [5.74, 6) is 0.768. The number of aromatic hydroxyl groups is 2. The first-order valence-corrected chi connectivity index (χ1v) is 11.6. The Hall–Kier alpha value is -1.53. The topological polar surface area (TPSA) is 40.5 Å². The number of unbranched alkanes of at least 4 members (excludes halogenated alkanes) is 2. The molecule has 3 heteroatoms. The average molecular weight is 372 g/mol. The second-order valence-electron chi connectivity index (χ2n) is 7.33. The SMILES string of the molecule is CCCCc1cc(C)c(O)c(P(C)c2cc(CCCC)cc(C)c2O)c1. The van der Waals surface area contributed by atoms with Crippen molar-refractivity contribution in [2.24, 2.45) is 0 Å². The van der Waals surface area contributed by atoms with Gasteiger partial charge in [0.1, 0.15) is 11.5 Å². The van der Waals surface area contributed by atoms with Crippen molar-refractivity contribution in [3.63, 3.8) is 0 Å². The monoisotopic (exact) mass is 372 g/mol. The maximum atomic E-state index is 10.7. The molecular formula is C23H33O2P. The van der Waals surface area contributed by atoms with Gasteiger partial charge in [-0.05, 0) is 88.5 Å². The molecule has 26 heavy (non-hydrogen) atoms. The van der Waals surface area contributed by atoms with E-state index < -0.39 is 7.92 Å². The Morgan fingerprint density at radius 1 is 0.731 bits per heavy atom. The van der Waals surface area contributed by atoms with E-state index in [2.05, 4.69) is 44.8 Å². The van der Waals surface area contributed by atoms with Gasteiger partial charge < -0.3 is 10.2 Å². The number of phenols is 2. The van der Waals surface area contributed by atoms with Crippen LogP contribution in [0.3, 0.4) is 0 Å². The molecule has 0 heterocycles. The van der Waals surface area contributed by atoms with Gasteiger partial charge in [-0.15, -0.1) is 0 Å². The van der Waals surface area contributed by atoms with Crippen LogP contribution in [0.1, 0.15) is 61.8 Å². The summed E-state index contributed by atoms with van der Waals surface area (Å²) >= 11 is 0. The van der Waals surface area contributed by atoms with Gasteiger partial charge in [-0.3, -0.25) is 0 Å². The fourth-order valence-corrected chi connectivity index (χ4v) is 5.33. The lowest BCUT2D eigenvalue weighted by Crippen LogP contribution is -2.15. The molecule has 0 amide bonds. The predicted octanol–water partition coefficient (Wildman–Crippen LogP) is 5.46. The van der Waals surface area contributed by atoms with Crippen molar-refractivity contribution in [1.29, 1.82) is 0 Å². The second-order valence-corrected chi connectivity index (χ2v) is 9.41. The number of rotatable bonds is 8. The Kier molecular flexibility index (Phi) is 7.53. The van der Waals surface area contributed by atoms with Crippen LogP contribution in [-0.2, 0) is 12.8 Å². The van der Waals surface area contributed by atoms with Gasteiger partial charge in [0.25, 0.3) is 0 Å². The molecule has 0 unspecified atom stereocenters. The Bertz CT molecular complexity index is 689. The summed E-state index contributed by atoms with van der Waals surface area (Å²) in [7, 11) is -0.807. The van der Waals surface area contributed by atoms with E-state index in [1.807, 2.05) is 13.8 Å². The molecule has 2 aromatic rings. The highest BCUT2D eigenvalue weighted by atomic mass is 31.1. The van der Waals surface area contributed by atoms with E-state index in [1.54, 1.807) is 0 Å². The molecule has 0 aliphatic heterocycles. The molecule has 0 saturated heterocycles. The zero-order valence-electron chi connectivity index (χ0n) is 16.9. The lowest BCUT2D eigenvalue weighted by atomic mass is 10.1. The normalized spacial score (nSPS) is 11.3. The van der Waals surface area contributed by atoms with Crippen molar-refractivity contribution in [3.8, 4) is 11.5 Å². The third-order valence-electron chi connectivity index (χ3n) is 5.04. The summed E-state index contributed by atoms with van der Waals surface area (Å²) in [5, 5.41) is 23.3. The van der Waals surface area contributed by atoms with E-state index in [0.29, 0.717) is 11.5 Å². The molecule has 0 radical (unpaired) electrons. The molecule has 0 bridgehead atoms. The van der Waals surface area contributed by atoms with Gasteiger partial charge in [0.15, 0.2) is 0 Å². The highest BCUT2D eigenvalue weighted by molar-refractivity contribution is 7.72. The van der Waals surface area contributed by atoms with Crippen LogP contribution < -0.4 is 10.6 Å². The zero-order valence-corrected chi connectivity index (χ0v) is 17.8. The number of phenolic OH excluding ortho intramolecular Hbond substituents is 2. The lowest BCUT2D eigenvalue weighted by Gasteiger charge is -2.20. The van der Waals surface area contributed by atoms with Crippen LogP contribution in [0.2, 0.25) is 0 Å². The lowest BCUT2D eigenvalue weighted by molar-refractivity contribution is 0.474. The Morgan fingerprint density at radius 3 is 1.46 bits per heavy atom. The highest BCUT2D eigenvalue weighted by Crippen LogP contribution is 2.39. The van der Waals surface area contributed by atoms with E-state index in [9.17, 15) is 10.2 Å². The molecule has 0 aliphatic carbocycles. The molecule has 2 nitrogen and oxygen atoms in total. The highest BCUT2D eigenvalue weighted by Gasteiger charge is 2.20. The molecular weight excluding hydrogens is 339 g/mol. The van der Waals surface area contributed by atoms with Crippen LogP contribution in [0.5, 0.6) is 11.5 Å². The molecule has 0 aromatic heterocycles. The van der Waals surface area contributed by atoms with Gasteiger partial charge in [0, 0.05) is 10.6 Å². The van der Waals surface area contributed by atoms with Gasteiger partial charge in [-0.1, -0.05) is 38.8 Å². The van der Waals surface area contributed by atoms with E-state index >= 15 is 0 Å². The quantitative estimate of drug-likeness (QED) is 0.604. The minimum Gasteiger partial charge on any atom is -0.507 e. The van der Waals surface area contributed by atoms with Crippen LogP contribution in [0.25, 0.3) is 0 Å². The number of aryl methyl sites for hydroxylation is 4. The summed E-state index contributed by atoms with van der Waals surface area (Å²) in [6.07, 6.45) is 6.71. The van der Waals surface area contributed by atoms with Gasteiger partial charge in [-0.25, -0.2) is 0 Å². The Labute approximate surface area is 160 Å². The van der Waals surface area contributed by atoms with Crippen LogP contribution in [-0.4, -0.2) is 16.9 Å². The summed E-state index contributed by atoms with van der Waals surface area (Å²) in [6, 6.07) is 8.50. The zero-order chi connectivity index (χ0) is 19.3. The minimum absolute atomic E-state index is 0.384. The van der Waals surface area contributed by atoms with Crippen molar-refractivity contribution in [1.82, 2.24) is 0 Å². The summed E-state index contributed by atoms with van der Waals surface area (Å²) in [5.41, 5.74) is 4.43.